The first kappa shape index (κ1) is 54.9. The van der Waals surface area contributed by atoms with Crippen LogP contribution in [-0.2, 0) is 14.3 Å². The van der Waals surface area contributed by atoms with E-state index in [1.54, 1.807) is 0 Å². The van der Waals surface area contributed by atoms with Crippen LogP contribution in [0.25, 0.3) is 0 Å². The molecule has 1 aliphatic rings. The maximum absolute atomic E-state index is 13.0. The molecule has 344 valence electrons. The van der Waals surface area contributed by atoms with Gasteiger partial charge in [-0.2, -0.15) is 0 Å². The van der Waals surface area contributed by atoms with Crippen LogP contribution in [0.15, 0.2) is 12.2 Å². The number of ether oxygens (including phenoxy) is 2. The highest BCUT2D eigenvalue weighted by molar-refractivity contribution is 5.76. The van der Waals surface area contributed by atoms with E-state index < -0.39 is 49.5 Å². The van der Waals surface area contributed by atoms with Crippen molar-refractivity contribution in [2.45, 2.75) is 281 Å². The highest BCUT2D eigenvalue weighted by Crippen LogP contribution is 2.23. The normalized spacial score (nSPS) is 20.8. The van der Waals surface area contributed by atoms with Crippen LogP contribution < -0.4 is 5.32 Å². The van der Waals surface area contributed by atoms with E-state index in [1.807, 2.05) is 0 Å². The van der Waals surface area contributed by atoms with Gasteiger partial charge in [0, 0.05) is 6.42 Å². The molecule has 0 aromatic carbocycles. The first-order valence-corrected chi connectivity index (χ1v) is 24.9. The molecule has 0 spiro atoms. The van der Waals surface area contributed by atoms with Gasteiger partial charge in [-0.25, -0.2) is 0 Å². The number of hydrogen-bond donors (Lipinski definition) is 6. The van der Waals surface area contributed by atoms with Gasteiger partial charge in [0.15, 0.2) is 6.29 Å². The van der Waals surface area contributed by atoms with Crippen molar-refractivity contribution in [3.05, 3.63) is 12.2 Å². The lowest BCUT2D eigenvalue weighted by Gasteiger charge is -2.40. The molecule has 1 fully saturated rings. The van der Waals surface area contributed by atoms with Gasteiger partial charge < -0.3 is 40.3 Å². The topological polar surface area (TPSA) is 149 Å². The van der Waals surface area contributed by atoms with Crippen molar-refractivity contribution in [1.29, 1.82) is 0 Å². The molecule has 0 bridgehead atoms. The quantitative estimate of drug-likeness (QED) is 0.0263. The molecular formula is C49H95NO8. The van der Waals surface area contributed by atoms with Crippen LogP contribution in [0.3, 0.4) is 0 Å². The molecule has 7 atom stereocenters. The number of rotatable bonds is 42. The van der Waals surface area contributed by atoms with Gasteiger partial charge in [-0.15, -0.1) is 0 Å². The van der Waals surface area contributed by atoms with E-state index >= 15 is 0 Å². The number of nitrogens with one attached hydrogen (secondary N) is 1. The summed E-state index contributed by atoms with van der Waals surface area (Å²) >= 11 is 0. The maximum Gasteiger partial charge on any atom is 0.220 e. The summed E-state index contributed by atoms with van der Waals surface area (Å²) in [5.41, 5.74) is 0. The fraction of sp³-hybridized carbons (Fsp3) is 0.939. The lowest BCUT2D eigenvalue weighted by molar-refractivity contribution is -0.302. The molecule has 0 radical (unpaired) electrons. The average molecular weight is 826 g/mol. The number of unbranched alkanes of at least 4 members (excludes halogenated alkanes) is 30. The summed E-state index contributed by atoms with van der Waals surface area (Å²) in [6.45, 7) is 3.85. The van der Waals surface area contributed by atoms with Crippen molar-refractivity contribution in [2.24, 2.45) is 0 Å². The number of aliphatic hydroxyl groups is 5. The Labute approximate surface area is 356 Å². The largest absolute Gasteiger partial charge is 0.394 e. The van der Waals surface area contributed by atoms with Gasteiger partial charge in [0.2, 0.25) is 5.91 Å². The first-order chi connectivity index (χ1) is 28.3. The Balaban J connectivity index is 2.28. The fourth-order valence-corrected chi connectivity index (χ4v) is 8.10. The molecule has 1 rings (SSSR count). The van der Waals surface area contributed by atoms with E-state index in [1.165, 1.54) is 173 Å². The van der Waals surface area contributed by atoms with E-state index in [-0.39, 0.29) is 12.5 Å². The van der Waals surface area contributed by atoms with Gasteiger partial charge in [-0.05, 0) is 38.5 Å². The zero-order valence-corrected chi connectivity index (χ0v) is 37.8. The van der Waals surface area contributed by atoms with Crippen LogP contribution >= 0.6 is 0 Å². The summed E-state index contributed by atoms with van der Waals surface area (Å²) in [4.78, 5) is 13.0. The molecule has 2 unspecified atom stereocenters. The van der Waals surface area contributed by atoms with Crippen molar-refractivity contribution >= 4 is 5.91 Å². The second kappa shape index (κ2) is 40.0. The number of carbonyl (C=O) groups excluding carboxylic acids is 1. The Hall–Kier alpha value is -1.07. The molecule has 9 heteroatoms. The predicted octanol–water partition coefficient (Wildman–Crippen LogP) is 10.9. The molecule has 0 aromatic rings. The van der Waals surface area contributed by atoms with Gasteiger partial charge in [-0.3, -0.25) is 4.79 Å². The van der Waals surface area contributed by atoms with Crippen molar-refractivity contribution in [3.63, 3.8) is 0 Å². The standard InChI is InChI=1S/C49H95NO8/c1-3-5-7-9-11-13-15-17-19-21-22-23-25-27-29-31-33-35-37-39-45(53)50-42(41-57-49-48(56)47(55)46(54)44(40-51)58-49)43(52)38-36-34-32-30-28-26-24-20-18-16-14-12-10-8-6-4-2/h17,19,42-44,46-49,51-52,54-56H,3-16,18,20-41H2,1-2H3,(H,50,53)/b19-17+/t42-,43+,44-,46-,47?,48?,49-/m0/s1. The Kier molecular flexibility index (Phi) is 37.9. The van der Waals surface area contributed by atoms with Crippen LogP contribution in [0.1, 0.15) is 239 Å². The molecule has 1 amide bonds. The number of carbonyl (C=O) groups is 1. The second-order valence-corrected chi connectivity index (χ2v) is 17.6. The summed E-state index contributed by atoms with van der Waals surface area (Å²) < 4.78 is 11.3. The highest BCUT2D eigenvalue weighted by atomic mass is 16.7. The minimum atomic E-state index is -1.55. The molecule has 6 N–H and O–H groups in total. The minimum Gasteiger partial charge on any atom is -0.394 e. The predicted molar refractivity (Wildman–Crippen MR) is 240 cm³/mol. The lowest BCUT2D eigenvalue weighted by Crippen LogP contribution is -2.60. The van der Waals surface area contributed by atoms with E-state index in [0.717, 1.165) is 38.5 Å². The Bertz CT molecular complexity index is 919. The van der Waals surface area contributed by atoms with E-state index in [0.29, 0.717) is 12.8 Å². The van der Waals surface area contributed by atoms with Crippen molar-refractivity contribution < 1.29 is 39.8 Å². The van der Waals surface area contributed by atoms with Crippen LogP contribution in [-0.4, -0.2) is 87.5 Å². The molecular weight excluding hydrogens is 731 g/mol. The van der Waals surface area contributed by atoms with Crippen molar-refractivity contribution in [1.82, 2.24) is 5.32 Å². The smallest absolute Gasteiger partial charge is 0.220 e. The van der Waals surface area contributed by atoms with Gasteiger partial charge in [-0.1, -0.05) is 206 Å². The second-order valence-electron chi connectivity index (χ2n) is 17.6. The Morgan fingerprint density at radius 1 is 0.569 bits per heavy atom. The average Bonchev–Trinajstić information content (AvgIpc) is 3.22. The Morgan fingerprint density at radius 3 is 1.40 bits per heavy atom. The number of hydrogen-bond acceptors (Lipinski definition) is 8. The third kappa shape index (κ3) is 30.0. The molecule has 0 aromatic heterocycles. The molecule has 1 saturated heterocycles. The summed E-state index contributed by atoms with van der Waals surface area (Å²) in [5, 5.41) is 54.5. The molecule has 1 aliphatic heterocycles. The molecule has 0 aliphatic carbocycles. The summed E-state index contributed by atoms with van der Waals surface area (Å²) in [6.07, 6.45) is 39.3. The number of aliphatic hydroxyl groups excluding tert-OH is 5. The molecule has 1 heterocycles. The highest BCUT2D eigenvalue weighted by Gasteiger charge is 2.44. The van der Waals surface area contributed by atoms with Gasteiger partial charge in [0.25, 0.3) is 0 Å². The SMILES string of the molecule is CCCCCCCC/C=C/CCCCCCCCCCCC(=O)N[C@@H](CO[C@H]1O[C@@H](CO)[C@H](O)C(O)C1O)[C@H](O)CCCCCCCCCCCCCCCCCC. The van der Waals surface area contributed by atoms with E-state index in [2.05, 4.69) is 31.3 Å². The van der Waals surface area contributed by atoms with Crippen molar-refractivity contribution in [3.8, 4) is 0 Å². The minimum absolute atomic E-state index is 0.135. The van der Waals surface area contributed by atoms with Crippen LogP contribution in [0.2, 0.25) is 0 Å². The lowest BCUT2D eigenvalue weighted by atomic mass is 9.99. The molecule has 0 saturated carbocycles. The Morgan fingerprint density at radius 2 is 0.966 bits per heavy atom. The number of allylic oxidation sites excluding steroid dienone is 2. The fourth-order valence-electron chi connectivity index (χ4n) is 8.10. The summed E-state index contributed by atoms with van der Waals surface area (Å²) in [7, 11) is 0. The van der Waals surface area contributed by atoms with E-state index in [9.17, 15) is 30.3 Å². The molecule has 58 heavy (non-hydrogen) atoms. The van der Waals surface area contributed by atoms with Gasteiger partial charge in [0.05, 0.1) is 25.4 Å². The van der Waals surface area contributed by atoms with Crippen LogP contribution in [0.5, 0.6) is 0 Å². The molecule has 9 nitrogen and oxygen atoms in total. The zero-order chi connectivity index (χ0) is 42.3. The monoisotopic (exact) mass is 826 g/mol. The van der Waals surface area contributed by atoms with Crippen LogP contribution in [0, 0.1) is 0 Å². The third-order valence-electron chi connectivity index (χ3n) is 12.1. The van der Waals surface area contributed by atoms with E-state index in [4.69, 9.17) is 9.47 Å². The zero-order valence-electron chi connectivity index (χ0n) is 37.8. The summed E-state index contributed by atoms with van der Waals surface area (Å²) in [6, 6.07) is -0.716. The third-order valence-corrected chi connectivity index (χ3v) is 12.1. The van der Waals surface area contributed by atoms with Crippen LogP contribution in [0.4, 0.5) is 0 Å². The van der Waals surface area contributed by atoms with Crippen molar-refractivity contribution in [2.75, 3.05) is 13.2 Å². The summed E-state index contributed by atoms with van der Waals surface area (Å²) in [5.74, 6) is -0.144. The van der Waals surface area contributed by atoms with Gasteiger partial charge in [0.1, 0.15) is 24.4 Å². The van der Waals surface area contributed by atoms with Gasteiger partial charge >= 0.3 is 0 Å². The maximum atomic E-state index is 13.0. The first-order valence-electron chi connectivity index (χ1n) is 24.9. The number of amides is 1.